The summed E-state index contributed by atoms with van der Waals surface area (Å²) in [6.45, 7) is 9.56. The smallest absolute Gasteiger partial charge is 0.231 e. The van der Waals surface area contributed by atoms with E-state index in [1.807, 2.05) is 6.07 Å². The Labute approximate surface area is 104 Å². The number of hydrogen-bond donors (Lipinski definition) is 1. The maximum Gasteiger partial charge on any atom is 0.231 e. The van der Waals surface area contributed by atoms with E-state index in [-0.39, 0.29) is 0 Å². The normalized spacial score (nSPS) is 16.0. The topological polar surface area (TPSA) is 30.5 Å². The average molecular weight is 251 g/mol. The van der Waals surface area contributed by atoms with Crippen LogP contribution in [0, 0.1) is 0 Å². The van der Waals surface area contributed by atoms with E-state index in [2.05, 4.69) is 43.7 Å². The van der Waals surface area contributed by atoms with Gasteiger partial charge in [0.2, 0.25) is 6.79 Å². The summed E-state index contributed by atoms with van der Waals surface area (Å²) in [5.41, 5.74) is 1.30. The van der Waals surface area contributed by atoms with Crippen LogP contribution in [0.15, 0.2) is 18.2 Å². The Morgan fingerprint density at radius 2 is 1.94 bits per heavy atom. The van der Waals surface area contributed by atoms with Gasteiger partial charge in [-0.2, -0.15) is 0 Å². The molecular weight excluding hydrogens is 230 g/mol. The highest BCUT2D eigenvalue weighted by Crippen LogP contribution is 2.32. The van der Waals surface area contributed by atoms with Gasteiger partial charge in [0.1, 0.15) is 8.24 Å². The van der Waals surface area contributed by atoms with Crippen LogP contribution in [0.3, 0.4) is 0 Å². The van der Waals surface area contributed by atoms with Crippen LogP contribution in [0.25, 0.3) is 0 Å². The molecule has 17 heavy (non-hydrogen) atoms. The predicted octanol–water partition coefficient (Wildman–Crippen LogP) is 2.77. The van der Waals surface area contributed by atoms with Crippen molar-refractivity contribution in [2.24, 2.45) is 0 Å². The van der Waals surface area contributed by atoms with Gasteiger partial charge in [-0.3, -0.25) is 0 Å². The number of benzene rings is 1. The van der Waals surface area contributed by atoms with Gasteiger partial charge in [-0.25, -0.2) is 0 Å². The van der Waals surface area contributed by atoms with Crippen LogP contribution in [0.4, 0.5) is 0 Å². The Bertz CT molecular complexity index is 401. The van der Waals surface area contributed by atoms with Crippen molar-refractivity contribution in [3.8, 4) is 11.5 Å². The van der Waals surface area contributed by atoms with E-state index in [0.717, 1.165) is 17.9 Å². The number of rotatable bonds is 4. The van der Waals surface area contributed by atoms with Crippen molar-refractivity contribution in [1.29, 1.82) is 0 Å². The zero-order chi connectivity index (χ0) is 12.5. The molecule has 1 aliphatic heterocycles. The van der Waals surface area contributed by atoms with Crippen LogP contribution in [0.5, 0.6) is 11.5 Å². The lowest BCUT2D eigenvalue weighted by atomic mass is 10.1. The largest absolute Gasteiger partial charge is 0.454 e. The summed E-state index contributed by atoms with van der Waals surface area (Å²) in [7, 11) is -1.20. The third-order valence-electron chi connectivity index (χ3n) is 2.66. The summed E-state index contributed by atoms with van der Waals surface area (Å²) in [6, 6.07) is 6.71. The standard InChI is InChI=1S/C13H21NO2Si/c1-10(14-17(2,3)4)7-11-5-6-12-13(8-11)16-9-15-12/h5-6,8,10,14H,7,9H2,1-4H3. The van der Waals surface area contributed by atoms with Gasteiger partial charge >= 0.3 is 0 Å². The number of fused-ring (bicyclic) bond motifs is 1. The number of hydrogen-bond acceptors (Lipinski definition) is 3. The van der Waals surface area contributed by atoms with Gasteiger partial charge in [0.05, 0.1) is 0 Å². The molecule has 1 heterocycles. The molecule has 4 heteroatoms. The first-order chi connectivity index (χ1) is 7.94. The van der Waals surface area contributed by atoms with Crippen molar-refractivity contribution in [2.75, 3.05) is 6.79 Å². The van der Waals surface area contributed by atoms with Crippen molar-refractivity contribution < 1.29 is 9.47 Å². The second-order valence-electron chi connectivity index (χ2n) is 5.69. The second kappa shape index (κ2) is 4.70. The van der Waals surface area contributed by atoms with E-state index in [1.165, 1.54) is 5.56 Å². The van der Waals surface area contributed by atoms with Gasteiger partial charge in [-0.1, -0.05) is 32.6 Å². The van der Waals surface area contributed by atoms with Gasteiger partial charge in [-0.15, -0.1) is 0 Å². The molecule has 1 aromatic carbocycles. The molecule has 0 saturated carbocycles. The minimum atomic E-state index is -1.20. The Morgan fingerprint density at radius 3 is 2.65 bits per heavy atom. The molecule has 0 spiro atoms. The molecule has 0 saturated heterocycles. The van der Waals surface area contributed by atoms with Gasteiger partial charge in [0, 0.05) is 6.04 Å². The highest BCUT2D eigenvalue weighted by Gasteiger charge is 2.18. The molecule has 0 bridgehead atoms. The van der Waals surface area contributed by atoms with Crippen LogP contribution < -0.4 is 14.5 Å². The van der Waals surface area contributed by atoms with E-state index in [4.69, 9.17) is 9.47 Å². The van der Waals surface area contributed by atoms with E-state index >= 15 is 0 Å². The van der Waals surface area contributed by atoms with Crippen molar-refractivity contribution in [3.63, 3.8) is 0 Å². The van der Waals surface area contributed by atoms with E-state index in [1.54, 1.807) is 0 Å². The zero-order valence-corrected chi connectivity index (χ0v) is 12.0. The maximum atomic E-state index is 5.39. The molecule has 2 rings (SSSR count). The second-order valence-corrected chi connectivity index (χ2v) is 10.5. The molecule has 1 unspecified atom stereocenters. The van der Waals surface area contributed by atoms with Crippen molar-refractivity contribution in [1.82, 2.24) is 4.98 Å². The van der Waals surface area contributed by atoms with Crippen LogP contribution in [0.1, 0.15) is 12.5 Å². The fraction of sp³-hybridized carbons (Fsp3) is 0.538. The lowest BCUT2D eigenvalue weighted by Crippen LogP contribution is -2.47. The maximum absolute atomic E-state index is 5.39. The summed E-state index contributed by atoms with van der Waals surface area (Å²) in [5.74, 6) is 1.74. The van der Waals surface area contributed by atoms with Crippen LogP contribution >= 0.6 is 0 Å². The molecule has 1 aliphatic rings. The minimum Gasteiger partial charge on any atom is -0.454 e. The van der Waals surface area contributed by atoms with Gasteiger partial charge in [0.25, 0.3) is 0 Å². The highest BCUT2D eigenvalue weighted by atomic mass is 28.3. The molecular formula is C13H21NO2Si. The lowest BCUT2D eigenvalue weighted by Gasteiger charge is -2.24. The monoisotopic (exact) mass is 251 g/mol. The molecule has 1 aromatic rings. The summed E-state index contributed by atoms with van der Waals surface area (Å²) < 4.78 is 10.7. The van der Waals surface area contributed by atoms with E-state index in [0.29, 0.717) is 12.8 Å². The first kappa shape index (κ1) is 12.5. The molecule has 0 aromatic heterocycles. The SMILES string of the molecule is CC(Cc1ccc2c(c1)OCO2)N[Si](C)(C)C. The Balaban J connectivity index is 1.99. The first-order valence-electron chi connectivity index (χ1n) is 6.10. The Hall–Kier alpha value is -1.00. The lowest BCUT2D eigenvalue weighted by molar-refractivity contribution is 0.174. The first-order valence-corrected chi connectivity index (χ1v) is 9.60. The fourth-order valence-electron chi connectivity index (χ4n) is 2.21. The molecule has 1 atom stereocenters. The molecule has 0 amide bonds. The molecule has 0 fully saturated rings. The Kier molecular flexibility index (Phi) is 3.44. The predicted molar refractivity (Wildman–Crippen MR) is 72.2 cm³/mol. The molecule has 0 aliphatic carbocycles. The molecule has 0 radical (unpaired) electrons. The summed E-state index contributed by atoms with van der Waals surface area (Å²) in [4.78, 5) is 3.70. The average Bonchev–Trinajstić information content (AvgIpc) is 2.61. The van der Waals surface area contributed by atoms with Crippen molar-refractivity contribution >= 4 is 8.24 Å². The molecule has 94 valence electrons. The quantitative estimate of drug-likeness (QED) is 0.835. The number of nitrogens with one attached hydrogen (secondary N) is 1. The fourth-order valence-corrected chi connectivity index (χ4v) is 3.79. The minimum absolute atomic E-state index is 0.349. The summed E-state index contributed by atoms with van der Waals surface area (Å²) in [5, 5.41) is 0. The highest BCUT2D eigenvalue weighted by molar-refractivity contribution is 6.73. The van der Waals surface area contributed by atoms with Gasteiger partial charge in [0.15, 0.2) is 11.5 Å². The van der Waals surface area contributed by atoms with E-state index < -0.39 is 8.24 Å². The van der Waals surface area contributed by atoms with E-state index in [9.17, 15) is 0 Å². The number of ether oxygens (including phenoxy) is 2. The molecule has 1 N–H and O–H groups in total. The third kappa shape index (κ3) is 3.48. The van der Waals surface area contributed by atoms with Crippen LogP contribution in [-0.2, 0) is 6.42 Å². The van der Waals surface area contributed by atoms with Gasteiger partial charge < -0.3 is 14.5 Å². The Morgan fingerprint density at radius 1 is 1.24 bits per heavy atom. The van der Waals surface area contributed by atoms with Crippen molar-refractivity contribution in [2.45, 2.75) is 39.0 Å². The van der Waals surface area contributed by atoms with Crippen LogP contribution in [-0.4, -0.2) is 21.1 Å². The summed E-state index contributed by atoms with van der Waals surface area (Å²) in [6.07, 6.45) is 1.03. The molecule has 3 nitrogen and oxygen atoms in total. The van der Waals surface area contributed by atoms with Crippen molar-refractivity contribution in [3.05, 3.63) is 23.8 Å². The van der Waals surface area contributed by atoms with Gasteiger partial charge in [-0.05, 0) is 24.1 Å². The van der Waals surface area contributed by atoms with Crippen LogP contribution in [0.2, 0.25) is 19.6 Å². The summed E-state index contributed by atoms with van der Waals surface area (Å²) >= 11 is 0. The third-order valence-corrected chi connectivity index (χ3v) is 4.02. The zero-order valence-electron chi connectivity index (χ0n) is 11.0.